The van der Waals surface area contributed by atoms with E-state index in [0.717, 1.165) is 20.8 Å². The van der Waals surface area contributed by atoms with Crippen molar-refractivity contribution in [3.8, 4) is 0 Å². The Kier molecular flexibility index (Phi) is 3.69. The number of anilines is 1. The largest absolute Gasteiger partial charge is 0.259 e. The Labute approximate surface area is 124 Å². The molecule has 1 N–H and O–H groups in total. The molecule has 5 heteroatoms. The highest BCUT2D eigenvalue weighted by Crippen LogP contribution is 2.19. The maximum atomic E-state index is 4.20. The molecule has 3 aromatic rings. The molecule has 0 aliphatic carbocycles. The molecule has 20 heavy (non-hydrogen) atoms. The molecule has 3 rings (SSSR count). The van der Waals surface area contributed by atoms with E-state index in [2.05, 4.69) is 36.7 Å². The van der Waals surface area contributed by atoms with E-state index < -0.39 is 0 Å². The van der Waals surface area contributed by atoms with E-state index >= 15 is 0 Å². The van der Waals surface area contributed by atoms with Gasteiger partial charge in [-0.3, -0.25) is 5.43 Å². The van der Waals surface area contributed by atoms with Crippen LogP contribution in [0.4, 0.5) is 5.82 Å². The molecule has 1 aromatic heterocycles. The monoisotopic (exact) mass is 326 g/mol. The van der Waals surface area contributed by atoms with Crippen LogP contribution in [0.25, 0.3) is 10.8 Å². The van der Waals surface area contributed by atoms with Crippen molar-refractivity contribution in [3.63, 3.8) is 0 Å². The van der Waals surface area contributed by atoms with Gasteiger partial charge in [-0.25, -0.2) is 0 Å². The summed E-state index contributed by atoms with van der Waals surface area (Å²) in [5.74, 6) is 0.648. The molecule has 2 aromatic carbocycles. The number of hydrogen-bond donors (Lipinski definition) is 1. The quantitative estimate of drug-likeness (QED) is 0.587. The Morgan fingerprint density at radius 3 is 2.90 bits per heavy atom. The van der Waals surface area contributed by atoms with E-state index in [1.54, 1.807) is 12.4 Å². The second-order valence-corrected chi connectivity index (χ2v) is 5.12. The topological polar surface area (TPSA) is 50.2 Å². The zero-order valence-electron chi connectivity index (χ0n) is 10.5. The zero-order valence-corrected chi connectivity index (χ0v) is 12.1. The summed E-state index contributed by atoms with van der Waals surface area (Å²) >= 11 is 3.43. The first kappa shape index (κ1) is 12.7. The van der Waals surface area contributed by atoms with E-state index in [1.165, 1.54) is 0 Å². The number of aromatic nitrogens is 2. The highest BCUT2D eigenvalue weighted by atomic mass is 79.9. The Morgan fingerprint density at radius 2 is 2.00 bits per heavy atom. The molecule has 0 bridgehead atoms. The van der Waals surface area contributed by atoms with Crippen LogP contribution in [0.2, 0.25) is 0 Å². The number of benzene rings is 2. The molecule has 0 saturated heterocycles. The maximum absolute atomic E-state index is 4.20. The van der Waals surface area contributed by atoms with E-state index in [0.29, 0.717) is 5.82 Å². The van der Waals surface area contributed by atoms with E-state index in [-0.39, 0.29) is 0 Å². The molecule has 0 spiro atoms. The fraction of sp³-hybridized carbons (Fsp3) is 0. The lowest BCUT2D eigenvalue weighted by atomic mass is 10.2. The molecule has 98 valence electrons. The number of hydrazone groups is 1. The lowest BCUT2D eigenvalue weighted by Gasteiger charge is -2.02. The summed E-state index contributed by atoms with van der Waals surface area (Å²) < 4.78 is 1.02. The van der Waals surface area contributed by atoms with Gasteiger partial charge in [0, 0.05) is 15.2 Å². The van der Waals surface area contributed by atoms with Crippen molar-refractivity contribution in [2.75, 3.05) is 5.43 Å². The van der Waals surface area contributed by atoms with Gasteiger partial charge in [0.1, 0.15) is 0 Å². The number of nitrogens with zero attached hydrogens (tertiary/aromatic N) is 3. The van der Waals surface area contributed by atoms with Crippen molar-refractivity contribution in [2.45, 2.75) is 0 Å². The fourth-order valence-corrected chi connectivity index (χ4v) is 2.28. The molecule has 0 unspecified atom stereocenters. The second-order valence-electron chi connectivity index (χ2n) is 4.21. The van der Waals surface area contributed by atoms with Crippen LogP contribution in [0.15, 0.2) is 64.3 Å². The molecular formula is C15H11BrN4. The fourth-order valence-electron chi connectivity index (χ4n) is 1.87. The van der Waals surface area contributed by atoms with Crippen LogP contribution in [0.3, 0.4) is 0 Å². The summed E-state index contributed by atoms with van der Waals surface area (Å²) in [7, 11) is 0. The van der Waals surface area contributed by atoms with Crippen LogP contribution in [0, 0.1) is 0 Å². The van der Waals surface area contributed by atoms with Gasteiger partial charge >= 0.3 is 0 Å². The molecular weight excluding hydrogens is 316 g/mol. The third-order valence-electron chi connectivity index (χ3n) is 2.80. The minimum atomic E-state index is 0.648. The van der Waals surface area contributed by atoms with E-state index in [9.17, 15) is 0 Å². The van der Waals surface area contributed by atoms with E-state index in [1.807, 2.05) is 48.5 Å². The third kappa shape index (κ3) is 2.83. The van der Waals surface area contributed by atoms with Gasteiger partial charge in [0.2, 0.25) is 0 Å². The van der Waals surface area contributed by atoms with Gasteiger partial charge in [-0.2, -0.15) is 10.2 Å². The van der Waals surface area contributed by atoms with Crippen molar-refractivity contribution >= 4 is 38.7 Å². The average molecular weight is 327 g/mol. The molecule has 0 atom stereocenters. The first-order valence-corrected chi connectivity index (χ1v) is 6.87. The van der Waals surface area contributed by atoms with Gasteiger partial charge in [0.15, 0.2) is 5.82 Å². The summed E-state index contributed by atoms with van der Waals surface area (Å²) in [5, 5.41) is 14.3. The molecule has 0 radical (unpaired) electrons. The number of halogens is 1. The summed E-state index contributed by atoms with van der Waals surface area (Å²) in [6.07, 6.45) is 3.48. The molecule has 0 fully saturated rings. The number of fused-ring (bicyclic) bond motifs is 1. The molecule has 1 heterocycles. The van der Waals surface area contributed by atoms with Crippen molar-refractivity contribution in [3.05, 3.63) is 64.8 Å². The van der Waals surface area contributed by atoms with Crippen molar-refractivity contribution in [1.29, 1.82) is 0 Å². The van der Waals surface area contributed by atoms with Crippen LogP contribution in [0.1, 0.15) is 5.56 Å². The van der Waals surface area contributed by atoms with Crippen LogP contribution >= 0.6 is 15.9 Å². The first-order chi connectivity index (χ1) is 9.83. The number of rotatable bonds is 3. The summed E-state index contributed by atoms with van der Waals surface area (Å²) in [5.41, 5.74) is 3.94. The van der Waals surface area contributed by atoms with Crippen LogP contribution in [0.5, 0.6) is 0 Å². The highest BCUT2D eigenvalue weighted by Gasteiger charge is 2.00. The lowest BCUT2D eigenvalue weighted by Crippen LogP contribution is -1.96. The summed E-state index contributed by atoms with van der Waals surface area (Å²) in [6, 6.07) is 15.8. The predicted molar refractivity (Wildman–Crippen MR) is 84.9 cm³/mol. The normalized spacial score (nSPS) is 11.1. The highest BCUT2D eigenvalue weighted by molar-refractivity contribution is 9.10. The second kappa shape index (κ2) is 5.79. The lowest BCUT2D eigenvalue weighted by molar-refractivity contribution is 1.04. The predicted octanol–water partition coefficient (Wildman–Crippen LogP) is 3.84. The summed E-state index contributed by atoms with van der Waals surface area (Å²) in [6.45, 7) is 0. The standard InChI is InChI=1S/C15H11BrN4/c16-13-6-3-4-11(8-13)9-17-19-15-14-7-2-1-5-12(14)10-18-20-15/h1-10H,(H,19,20)/b17-9-. The first-order valence-electron chi connectivity index (χ1n) is 6.08. The van der Waals surface area contributed by atoms with Gasteiger partial charge in [0.25, 0.3) is 0 Å². The Balaban J connectivity index is 1.84. The molecule has 0 amide bonds. The Hall–Kier alpha value is -2.27. The van der Waals surface area contributed by atoms with Crippen LogP contribution in [-0.4, -0.2) is 16.4 Å². The minimum absolute atomic E-state index is 0.648. The SMILES string of the molecule is Brc1cccc(/C=N\Nc2nncc3ccccc23)c1. The minimum Gasteiger partial charge on any atom is -0.259 e. The Morgan fingerprint density at radius 1 is 1.10 bits per heavy atom. The van der Waals surface area contributed by atoms with Crippen molar-refractivity contribution in [1.82, 2.24) is 10.2 Å². The van der Waals surface area contributed by atoms with Crippen molar-refractivity contribution < 1.29 is 0 Å². The van der Waals surface area contributed by atoms with E-state index in [4.69, 9.17) is 0 Å². The molecule has 4 nitrogen and oxygen atoms in total. The van der Waals surface area contributed by atoms with Gasteiger partial charge in [0.05, 0.1) is 12.4 Å². The van der Waals surface area contributed by atoms with Crippen molar-refractivity contribution in [2.24, 2.45) is 5.10 Å². The van der Waals surface area contributed by atoms with Gasteiger partial charge in [-0.15, -0.1) is 5.10 Å². The molecule has 0 aliphatic heterocycles. The van der Waals surface area contributed by atoms with Gasteiger partial charge in [-0.1, -0.05) is 52.3 Å². The maximum Gasteiger partial charge on any atom is 0.176 e. The molecule has 0 saturated carbocycles. The number of hydrogen-bond acceptors (Lipinski definition) is 4. The van der Waals surface area contributed by atoms with Gasteiger partial charge < -0.3 is 0 Å². The van der Waals surface area contributed by atoms with Crippen LogP contribution < -0.4 is 5.43 Å². The third-order valence-corrected chi connectivity index (χ3v) is 3.30. The zero-order chi connectivity index (χ0) is 13.8. The summed E-state index contributed by atoms with van der Waals surface area (Å²) in [4.78, 5) is 0. The number of nitrogens with one attached hydrogen (secondary N) is 1. The average Bonchev–Trinajstić information content (AvgIpc) is 2.48. The molecule has 0 aliphatic rings. The van der Waals surface area contributed by atoms with Crippen LogP contribution in [-0.2, 0) is 0 Å². The van der Waals surface area contributed by atoms with Gasteiger partial charge in [-0.05, 0) is 17.7 Å². The Bertz CT molecular complexity index is 765. The smallest absolute Gasteiger partial charge is 0.176 e.